The van der Waals surface area contributed by atoms with E-state index in [9.17, 15) is 4.79 Å². The van der Waals surface area contributed by atoms with Crippen molar-refractivity contribution in [2.75, 3.05) is 6.54 Å². The molecule has 1 aromatic carbocycles. The third kappa shape index (κ3) is 6.08. The molecule has 0 heterocycles. The first-order valence-electron chi connectivity index (χ1n) is 6.73. The van der Waals surface area contributed by atoms with E-state index >= 15 is 0 Å². The fourth-order valence-corrected chi connectivity index (χ4v) is 2.15. The summed E-state index contributed by atoms with van der Waals surface area (Å²) >= 11 is 5.99. The van der Waals surface area contributed by atoms with E-state index in [-0.39, 0.29) is 12.5 Å². The Bertz CT molecular complexity index is 421. The van der Waals surface area contributed by atoms with Gasteiger partial charge >= 0.3 is 5.97 Å². The Morgan fingerprint density at radius 2 is 2.21 bits per heavy atom. The first-order chi connectivity index (χ1) is 9.02. The minimum Gasteiger partial charge on any atom is -0.481 e. The number of carboxylic acids is 1. The molecule has 2 N–H and O–H groups in total. The molecular weight excluding hydrogens is 262 g/mol. The van der Waals surface area contributed by atoms with Gasteiger partial charge in [0, 0.05) is 11.1 Å². The van der Waals surface area contributed by atoms with Gasteiger partial charge < -0.3 is 10.4 Å². The molecule has 0 spiro atoms. The largest absolute Gasteiger partial charge is 0.481 e. The van der Waals surface area contributed by atoms with Gasteiger partial charge in [-0.15, -0.1) is 0 Å². The number of halogens is 1. The molecule has 0 bridgehead atoms. The Morgan fingerprint density at radius 1 is 1.47 bits per heavy atom. The highest BCUT2D eigenvalue weighted by molar-refractivity contribution is 6.31. The van der Waals surface area contributed by atoms with Gasteiger partial charge in [-0.1, -0.05) is 37.1 Å². The van der Waals surface area contributed by atoms with E-state index in [1.807, 2.05) is 25.1 Å². The van der Waals surface area contributed by atoms with E-state index in [4.69, 9.17) is 16.7 Å². The molecule has 0 saturated carbocycles. The van der Waals surface area contributed by atoms with Crippen molar-refractivity contribution in [2.24, 2.45) is 0 Å². The first-order valence-corrected chi connectivity index (χ1v) is 7.11. The van der Waals surface area contributed by atoms with Crippen LogP contribution in [0.4, 0.5) is 0 Å². The maximum Gasteiger partial charge on any atom is 0.304 e. The van der Waals surface area contributed by atoms with Crippen LogP contribution in [0.2, 0.25) is 5.02 Å². The van der Waals surface area contributed by atoms with E-state index in [1.165, 1.54) is 0 Å². The van der Waals surface area contributed by atoms with E-state index in [0.717, 1.165) is 35.5 Å². The lowest BCUT2D eigenvalue weighted by atomic mass is 10.0. The molecule has 106 valence electrons. The molecule has 0 radical (unpaired) electrons. The molecule has 0 amide bonds. The monoisotopic (exact) mass is 283 g/mol. The zero-order valence-corrected chi connectivity index (χ0v) is 12.3. The van der Waals surface area contributed by atoms with Gasteiger partial charge in [0.2, 0.25) is 0 Å². The normalized spacial score (nSPS) is 12.4. The van der Waals surface area contributed by atoms with Crippen molar-refractivity contribution in [2.45, 2.75) is 45.6 Å². The molecule has 19 heavy (non-hydrogen) atoms. The quantitative estimate of drug-likeness (QED) is 0.719. The number of rotatable bonds is 8. The summed E-state index contributed by atoms with van der Waals surface area (Å²) in [7, 11) is 0. The summed E-state index contributed by atoms with van der Waals surface area (Å²) in [4.78, 5) is 10.9. The third-order valence-electron chi connectivity index (χ3n) is 3.09. The van der Waals surface area contributed by atoms with Gasteiger partial charge in [-0.25, -0.2) is 0 Å². The van der Waals surface area contributed by atoms with Crippen LogP contribution in [-0.4, -0.2) is 23.7 Å². The topological polar surface area (TPSA) is 49.3 Å². The molecule has 0 fully saturated rings. The van der Waals surface area contributed by atoms with E-state index in [2.05, 4.69) is 12.2 Å². The summed E-state index contributed by atoms with van der Waals surface area (Å²) in [5, 5.41) is 13.0. The van der Waals surface area contributed by atoms with Crippen LogP contribution in [0.1, 0.15) is 37.3 Å². The average molecular weight is 284 g/mol. The minimum absolute atomic E-state index is 0.0235. The number of carboxylic acid groups (broad SMARTS) is 1. The average Bonchev–Trinajstić information content (AvgIpc) is 2.33. The number of hydrogen-bond donors (Lipinski definition) is 2. The van der Waals surface area contributed by atoms with Crippen molar-refractivity contribution in [3.63, 3.8) is 0 Å². The van der Waals surface area contributed by atoms with Crippen LogP contribution in [0.25, 0.3) is 0 Å². The van der Waals surface area contributed by atoms with Crippen LogP contribution in [0.15, 0.2) is 18.2 Å². The number of aryl methyl sites for hydroxylation is 1. The summed E-state index contributed by atoms with van der Waals surface area (Å²) in [5.74, 6) is -0.764. The van der Waals surface area contributed by atoms with Crippen molar-refractivity contribution in [3.8, 4) is 0 Å². The van der Waals surface area contributed by atoms with Crippen LogP contribution in [-0.2, 0) is 11.2 Å². The van der Waals surface area contributed by atoms with Gasteiger partial charge in [-0.3, -0.25) is 4.79 Å². The lowest BCUT2D eigenvalue weighted by Gasteiger charge is -2.17. The minimum atomic E-state index is -0.764. The molecular formula is C15H22ClNO2. The third-order valence-corrected chi connectivity index (χ3v) is 3.51. The molecule has 0 aliphatic carbocycles. The SMILES string of the molecule is CCCCNC(CC(=O)O)Cc1ccc(Cl)c(C)c1. The summed E-state index contributed by atoms with van der Waals surface area (Å²) in [5.41, 5.74) is 2.15. The molecule has 1 atom stereocenters. The zero-order chi connectivity index (χ0) is 14.3. The number of aliphatic carboxylic acids is 1. The standard InChI is InChI=1S/C15H22ClNO2/c1-3-4-7-17-13(10-15(18)19)9-12-5-6-14(16)11(2)8-12/h5-6,8,13,17H,3-4,7,9-10H2,1-2H3,(H,18,19). The molecule has 3 nitrogen and oxygen atoms in total. The Labute approximate surface area is 120 Å². The number of benzene rings is 1. The Morgan fingerprint density at radius 3 is 2.79 bits per heavy atom. The second-order valence-electron chi connectivity index (χ2n) is 4.89. The zero-order valence-electron chi connectivity index (χ0n) is 11.6. The van der Waals surface area contributed by atoms with Gasteiger partial charge in [-0.2, -0.15) is 0 Å². The van der Waals surface area contributed by atoms with Gasteiger partial charge in [-0.05, 0) is 43.5 Å². The lowest BCUT2D eigenvalue weighted by Crippen LogP contribution is -2.34. The predicted octanol–water partition coefficient (Wildman–Crippen LogP) is 3.42. The van der Waals surface area contributed by atoms with E-state index in [0.29, 0.717) is 6.42 Å². The molecule has 1 rings (SSSR count). The van der Waals surface area contributed by atoms with Crippen LogP contribution < -0.4 is 5.32 Å². The molecule has 0 saturated heterocycles. The lowest BCUT2D eigenvalue weighted by molar-refractivity contribution is -0.137. The van der Waals surface area contributed by atoms with Crippen molar-refractivity contribution >= 4 is 17.6 Å². The van der Waals surface area contributed by atoms with Gasteiger partial charge in [0.05, 0.1) is 6.42 Å². The number of carbonyl (C=O) groups is 1. The van der Waals surface area contributed by atoms with Crippen LogP contribution in [0, 0.1) is 6.92 Å². The number of nitrogens with one attached hydrogen (secondary N) is 1. The van der Waals surface area contributed by atoms with E-state index in [1.54, 1.807) is 0 Å². The molecule has 0 aliphatic heterocycles. The Balaban J connectivity index is 2.63. The van der Waals surface area contributed by atoms with Crippen LogP contribution >= 0.6 is 11.6 Å². The molecule has 1 aromatic rings. The second kappa shape index (κ2) is 8.18. The molecule has 0 aliphatic rings. The predicted molar refractivity (Wildman–Crippen MR) is 78.8 cm³/mol. The maximum absolute atomic E-state index is 10.9. The Hall–Kier alpha value is -1.06. The van der Waals surface area contributed by atoms with Crippen molar-refractivity contribution < 1.29 is 9.90 Å². The van der Waals surface area contributed by atoms with Crippen LogP contribution in [0.5, 0.6) is 0 Å². The van der Waals surface area contributed by atoms with Crippen molar-refractivity contribution in [1.82, 2.24) is 5.32 Å². The summed E-state index contributed by atoms with van der Waals surface area (Å²) in [6.45, 7) is 4.94. The van der Waals surface area contributed by atoms with Gasteiger partial charge in [0.1, 0.15) is 0 Å². The molecule has 0 aromatic heterocycles. The van der Waals surface area contributed by atoms with Crippen molar-refractivity contribution in [1.29, 1.82) is 0 Å². The summed E-state index contributed by atoms with van der Waals surface area (Å²) in [6, 6.07) is 5.84. The first kappa shape index (κ1) is 16.0. The fraction of sp³-hybridized carbons (Fsp3) is 0.533. The smallest absolute Gasteiger partial charge is 0.304 e. The number of unbranched alkanes of at least 4 members (excludes halogenated alkanes) is 1. The van der Waals surface area contributed by atoms with E-state index < -0.39 is 5.97 Å². The highest BCUT2D eigenvalue weighted by Crippen LogP contribution is 2.17. The Kier molecular flexibility index (Phi) is 6.89. The highest BCUT2D eigenvalue weighted by atomic mass is 35.5. The van der Waals surface area contributed by atoms with Gasteiger partial charge in [0.15, 0.2) is 0 Å². The second-order valence-corrected chi connectivity index (χ2v) is 5.30. The summed E-state index contributed by atoms with van der Waals surface area (Å²) in [6.07, 6.45) is 3.03. The van der Waals surface area contributed by atoms with Gasteiger partial charge in [0.25, 0.3) is 0 Å². The van der Waals surface area contributed by atoms with Crippen LogP contribution in [0.3, 0.4) is 0 Å². The molecule has 1 unspecified atom stereocenters. The number of hydrogen-bond acceptors (Lipinski definition) is 2. The van der Waals surface area contributed by atoms with Crippen molar-refractivity contribution in [3.05, 3.63) is 34.3 Å². The fourth-order valence-electron chi connectivity index (χ4n) is 2.03. The maximum atomic E-state index is 10.9. The molecule has 4 heteroatoms. The highest BCUT2D eigenvalue weighted by Gasteiger charge is 2.13. The summed E-state index contributed by atoms with van der Waals surface area (Å²) < 4.78 is 0.